The van der Waals surface area contributed by atoms with Crippen molar-refractivity contribution in [3.63, 3.8) is 0 Å². The van der Waals surface area contributed by atoms with E-state index in [1.165, 1.54) is 11.8 Å². The van der Waals surface area contributed by atoms with Crippen LogP contribution in [0.15, 0.2) is 67.1 Å². The smallest absolute Gasteiger partial charge is 0.237 e. The number of ether oxygens (including phenoxy) is 1. The van der Waals surface area contributed by atoms with Crippen LogP contribution in [-0.2, 0) is 16.0 Å². The molecule has 0 bridgehead atoms. The standard InChI is InChI=1S/C23H22N4O3/c1-16(28)27-12-9-17-5-2-3-8-20(17)21(27)14-22(29)26-18-6-4-7-19(13-18)30-23-15-24-10-11-25-23/h2-8,10-11,13,15,21H,9,12,14H2,1H3,(H,26,29). The number of anilines is 1. The zero-order valence-electron chi connectivity index (χ0n) is 16.6. The summed E-state index contributed by atoms with van der Waals surface area (Å²) in [5.41, 5.74) is 2.83. The number of rotatable bonds is 5. The van der Waals surface area contributed by atoms with Crippen molar-refractivity contribution in [3.05, 3.63) is 78.2 Å². The largest absolute Gasteiger partial charge is 0.437 e. The minimum Gasteiger partial charge on any atom is -0.437 e. The second-order valence-electron chi connectivity index (χ2n) is 7.10. The van der Waals surface area contributed by atoms with E-state index in [0.717, 1.165) is 12.0 Å². The van der Waals surface area contributed by atoms with Crippen LogP contribution in [0.4, 0.5) is 5.69 Å². The van der Waals surface area contributed by atoms with Gasteiger partial charge in [0.1, 0.15) is 5.75 Å². The molecule has 30 heavy (non-hydrogen) atoms. The lowest BCUT2D eigenvalue weighted by Gasteiger charge is -2.36. The van der Waals surface area contributed by atoms with Crippen LogP contribution >= 0.6 is 0 Å². The summed E-state index contributed by atoms with van der Waals surface area (Å²) in [4.78, 5) is 34.8. The summed E-state index contributed by atoms with van der Waals surface area (Å²) in [7, 11) is 0. The molecular weight excluding hydrogens is 380 g/mol. The van der Waals surface area contributed by atoms with Crippen LogP contribution in [-0.4, -0.2) is 33.2 Å². The highest BCUT2D eigenvalue weighted by Gasteiger charge is 2.30. The number of carbonyl (C=O) groups excluding carboxylic acids is 2. The van der Waals surface area contributed by atoms with E-state index in [1.54, 1.807) is 48.5 Å². The number of fused-ring (bicyclic) bond motifs is 1. The Hall–Kier alpha value is -3.74. The maximum absolute atomic E-state index is 12.8. The lowest BCUT2D eigenvalue weighted by atomic mass is 9.90. The van der Waals surface area contributed by atoms with E-state index in [2.05, 4.69) is 21.4 Å². The molecule has 4 rings (SSSR count). The van der Waals surface area contributed by atoms with Gasteiger partial charge in [0.15, 0.2) is 0 Å². The van der Waals surface area contributed by atoms with Crippen LogP contribution in [0.1, 0.15) is 30.5 Å². The lowest BCUT2D eigenvalue weighted by molar-refractivity contribution is -0.132. The van der Waals surface area contributed by atoms with Crippen molar-refractivity contribution in [2.45, 2.75) is 25.8 Å². The molecule has 0 saturated carbocycles. The summed E-state index contributed by atoms with van der Waals surface area (Å²) < 4.78 is 5.67. The lowest BCUT2D eigenvalue weighted by Crippen LogP contribution is -2.40. The van der Waals surface area contributed by atoms with Gasteiger partial charge in [-0.05, 0) is 29.7 Å². The highest BCUT2D eigenvalue weighted by molar-refractivity contribution is 5.92. The molecule has 7 nitrogen and oxygen atoms in total. The molecule has 0 saturated heterocycles. The van der Waals surface area contributed by atoms with Gasteiger partial charge in [-0.25, -0.2) is 4.98 Å². The van der Waals surface area contributed by atoms with Crippen LogP contribution in [0, 0.1) is 0 Å². The van der Waals surface area contributed by atoms with E-state index >= 15 is 0 Å². The molecule has 0 fully saturated rings. The van der Waals surface area contributed by atoms with Gasteiger partial charge in [-0.3, -0.25) is 14.6 Å². The molecule has 1 N–H and O–H groups in total. The minimum atomic E-state index is -0.272. The van der Waals surface area contributed by atoms with Crippen molar-refractivity contribution in [3.8, 4) is 11.6 Å². The average molecular weight is 402 g/mol. The molecule has 1 aromatic heterocycles. The number of benzene rings is 2. The van der Waals surface area contributed by atoms with Crippen molar-refractivity contribution < 1.29 is 14.3 Å². The normalized spacial score (nSPS) is 15.2. The van der Waals surface area contributed by atoms with E-state index in [9.17, 15) is 9.59 Å². The molecule has 0 radical (unpaired) electrons. The van der Waals surface area contributed by atoms with E-state index in [1.807, 2.05) is 18.2 Å². The molecule has 2 heterocycles. The van der Waals surface area contributed by atoms with Gasteiger partial charge in [0.25, 0.3) is 0 Å². The summed E-state index contributed by atoms with van der Waals surface area (Å²) in [5, 5.41) is 2.91. The van der Waals surface area contributed by atoms with Crippen LogP contribution in [0.2, 0.25) is 0 Å². The third kappa shape index (κ3) is 4.46. The molecule has 152 valence electrons. The van der Waals surface area contributed by atoms with Crippen LogP contribution in [0.5, 0.6) is 11.6 Å². The first-order valence-electron chi connectivity index (χ1n) is 9.79. The zero-order valence-corrected chi connectivity index (χ0v) is 16.6. The zero-order chi connectivity index (χ0) is 20.9. The van der Waals surface area contributed by atoms with Gasteiger partial charge in [-0.1, -0.05) is 30.3 Å². The fourth-order valence-corrected chi connectivity index (χ4v) is 3.73. The topological polar surface area (TPSA) is 84.4 Å². The Morgan fingerprint density at radius 1 is 1.17 bits per heavy atom. The summed E-state index contributed by atoms with van der Waals surface area (Å²) in [6.45, 7) is 2.16. The monoisotopic (exact) mass is 402 g/mol. The van der Waals surface area contributed by atoms with Gasteiger partial charge in [0.2, 0.25) is 17.7 Å². The molecule has 1 atom stereocenters. The van der Waals surface area contributed by atoms with Crippen molar-refractivity contribution in [2.24, 2.45) is 0 Å². The Morgan fingerprint density at radius 2 is 2.03 bits per heavy atom. The van der Waals surface area contributed by atoms with Crippen molar-refractivity contribution >= 4 is 17.5 Å². The molecule has 1 aliphatic heterocycles. The summed E-state index contributed by atoms with van der Waals surface area (Å²) in [5.74, 6) is 0.722. The first kappa shape index (κ1) is 19.6. The van der Waals surface area contributed by atoms with Crippen molar-refractivity contribution in [2.75, 3.05) is 11.9 Å². The molecule has 2 aromatic carbocycles. The number of nitrogens with zero attached hydrogens (tertiary/aromatic N) is 3. The van der Waals surface area contributed by atoms with Crippen LogP contribution in [0.3, 0.4) is 0 Å². The Balaban J connectivity index is 1.48. The molecule has 7 heteroatoms. The molecule has 1 unspecified atom stereocenters. The van der Waals surface area contributed by atoms with E-state index in [4.69, 9.17) is 4.74 Å². The van der Waals surface area contributed by atoms with Gasteiger partial charge in [-0.15, -0.1) is 0 Å². The number of hydrogen-bond donors (Lipinski definition) is 1. The molecule has 0 spiro atoms. The number of carbonyl (C=O) groups is 2. The Kier molecular flexibility index (Phi) is 5.70. The van der Waals surface area contributed by atoms with Gasteiger partial charge < -0.3 is 15.0 Å². The predicted octanol–water partition coefficient (Wildman–Crippen LogP) is 3.74. The Morgan fingerprint density at radius 3 is 2.83 bits per heavy atom. The van der Waals surface area contributed by atoms with Crippen molar-refractivity contribution in [1.82, 2.24) is 14.9 Å². The number of aromatic nitrogens is 2. The van der Waals surface area contributed by atoms with Gasteiger partial charge in [0.05, 0.1) is 18.7 Å². The SMILES string of the molecule is CC(=O)N1CCc2ccccc2C1CC(=O)Nc1cccc(Oc2cnccn2)c1. The fraction of sp³-hybridized carbons (Fsp3) is 0.217. The Bertz CT molecular complexity index is 1060. The average Bonchev–Trinajstić information content (AvgIpc) is 2.74. The first-order valence-corrected chi connectivity index (χ1v) is 9.79. The summed E-state index contributed by atoms with van der Waals surface area (Å²) in [6.07, 6.45) is 5.62. The molecule has 2 amide bonds. The maximum atomic E-state index is 12.8. The third-order valence-electron chi connectivity index (χ3n) is 5.08. The van der Waals surface area contributed by atoms with E-state index in [-0.39, 0.29) is 24.3 Å². The molecule has 3 aromatic rings. The molecule has 1 aliphatic rings. The summed E-state index contributed by atoms with van der Waals surface area (Å²) >= 11 is 0. The highest BCUT2D eigenvalue weighted by atomic mass is 16.5. The van der Waals surface area contributed by atoms with Crippen molar-refractivity contribution in [1.29, 1.82) is 0 Å². The minimum absolute atomic E-state index is 0.0262. The molecule has 0 aliphatic carbocycles. The number of amides is 2. The van der Waals surface area contributed by atoms with E-state index in [0.29, 0.717) is 23.9 Å². The van der Waals surface area contributed by atoms with E-state index < -0.39 is 0 Å². The molecular formula is C23H22N4O3. The highest BCUT2D eigenvalue weighted by Crippen LogP contribution is 2.32. The quantitative estimate of drug-likeness (QED) is 0.703. The predicted molar refractivity (Wildman–Crippen MR) is 112 cm³/mol. The fourth-order valence-electron chi connectivity index (χ4n) is 3.73. The number of hydrogen-bond acceptors (Lipinski definition) is 5. The van der Waals surface area contributed by atoms with Gasteiger partial charge in [-0.2, -0.15) is 0 Å². The second kappa shape index (κ2) is 8.73. The first-order chi connectivity index (χ1) is 14.6. The maximum Gasteiger partial charge on any atom is 0.237 e. The number of nitrogens with one attached hydrogen (secondary N) is 1. The van der Waals surface area contributed by atoms with Crippen LogP contribution < -0.4 is 10.1 Å². The van der Waals surface area contributed by atoms with Gasteiger partial charge in [0, 0.05) is 37.6 Å². The van der Waals surface area contributed by atoms with Gasteiger partial charge >= 0.3 is 0 Å². The Labute approximate surface area is 174 Å². The van der Waals surface area contributed by atoms with Crippen LogP contribution in [0.25, 0.3) is 0 Å². The summed E-state index contributed by atoms with van der Waals surface area (Å²) in [6, 6.07) is 14.8. The second-order valence-corrected chi connectivity index (χ2v) is 7.10. The third-order valence-corrected chi connectivity index (χ3v) is 5.08.